The standard InChI is InChI=1S/C24H24N4O6/c1-14-21(26-27-28(14)16-9-11-17(30-3)12-10-16)24(29)33-13-19-15(2)34-23(25-19)18-7-6-8-20(31-4)22(18)32-5/h6-12H,13H2,1-5H3. The van der Waals surface area contributed by atoms with Crippen molar-refractivity contribution in [1.29, 1.82) is 0 Å². The van der Waals surface area contributed by atoms with Crippen LogP contribution in [-0.4, -0.2) is 47.3 Å². The summed E-state index contributed by atoms with van der Waals surface area (Å²) in [6.45, 7) is 3.40. The van der Waals surface area contributed by atoms with E-state index in [9.17, 15) is 4.79 Å². The number of esters is 1. The van der Waals surface area contributed by atoms with Crippen LogP contribution in [0, 0.1) is 13.8 Å². The average Bonchev–Trinajstić information content (AvgIpc) is 3.44. The minimum atomic E-state index is -0.611. The van der Waals surface area contributed by atoms with E-state index in [2.05, 4.69) is 15.3 Å². The molecule has 2 aromatic carbocycles. The van der Waals surface area contributed by atoms with Crippen molar-refractivity contribution in [2.75, 3.05) is 21.3 Å². The van der Waals surface area contributed by atoms with Crippen LogP contribution >= 0.6 is 0 Å². The van der Waals surface area contributed by atoms with E-state index in [0.717, 1.165) is 11.4 Å². The maximum Gasteiger partial charge on any atom is 0.361 e. The van der Waals surface area contributed by atoms with Gasteiger partial charge in [0.25, 0.3) is 0 Å². The molecule has 2 heterocycles. The summed E-state index contributed by atoms with van der Waals surface area (Å²) in [6.07, 6.45) is 0. The second-order valence-corrected chi connectivity index (χ2v) is 7.27. The van der Waals surface area contributed by atoms with Gasteiger partial charge in [0.1, 0.15) is 23.8 Å². The monoisotopic (exact) mass is 464 g/mol. The summed E-state index contributed by atoms with van der Waals surface area (Å²) in [5.41, 5.74) is 2.52. The number of para-hydroxylation sites is 1. The number of aromatic nitrogens is 4. The van der Waals surface area contributed by atoms with Crippen molar-refractivity contribution < 1.29 is 28.2 Å². The molecule has 2 aromatic heterocycles. The molecule has 0 N–H and O–H groups in total. The second kappa shape index (κ2) is 9.65. The van der Waals surface area contributed by atoms with Crippen LogP contribution in [-0.2, 0) is 11.3 Å². The van der Waals surface area contributed by atoms with Crippen molar-refractivity contribution in [3.8, 4) is 34.4 Å². The first kappa shape index (κ1) is 22.8. The number of carbonyl (C=O) groups is 1. The van der Waals surface area contributed by atoms with Crippen molar-refractivity contribution in [1.82, 2.24) is 20.0 Å². The first-order chi connectivity index (χ1) is 16.5. The predicted molar refractivity (Wildman–Crippen MR) is 122 cm³/mol. The summed E-state index contributed by atoms with van der Waals surface area (Å²) in [5, 5.41) is 8.08. The van der Waals surface area contributed by atoms with E-state index in [1.165, 1.54) is 0 Å². The van der Waals surface area contributed by atoms with Gasteiger partial charge in [-0.05, 0) is 50.2 Å². The van der Waals surface area contributed by atoms with Crippen LogP contribution in [0.2, 0.25) is 0 Å². The number of carbonyl (C=O) groups excluding carboxylic acids is 1. The summed E-state index contributed by atoms with van der Waals surface area (Å²) in [5.74, 6) is 2.02. The van der Waals surface area contributed by atoms with E-state index in [0.29, 0.717) is 40.1 Å². The normalized spacial score (nSPS) is 10.7. The fourth-order valence-corrected chi connectivity index (χ4v) is 3.42. The van der Waals surface area contributed by atoms with Gasteiger partial charge in [-0.15, -0.1) is 5.10 Å². The Hall–Kier alpha value is -4.34. The van der Waals surface area contributed by atoms with Crippen LogP contribution in [0.1, 0.15) is 27.6 Å². The van der Waals surface area contributed by atoms with E-state index in [1.807, 2.05) is 24.3 Å². The van der Waals surface area contributed by atoms with Crippen molar-refractivity contribution in [2.24, 2.45) is 0 Å². The molecule has 4 rings (SSSR count). The number of nitrogens with zero attached hydrogens (tertiary/aromatic N) is 4. The quantitative estimate of drug-likeness (QED) is 0.358. The predicted octanol–water partition coefficient (Wildman–Crippen LogP) is 3.92. The van der Waals surface area contributed by atoms with Gasteiger partial charge in [-0.1, -0.05) is 11.3 Å². The molecule has 0 aliphatic rings. The number of rotatable bonds is 8. The lowest BCUT2D eigenvalue weighted by molar-refractivity contribution is 0.0459. The molecular weight excluding hydrogens is 440 g/mol. The van der Waals surface area contributed by atoms with E-state index in [1.54, 1.807) is 58.1 Å². The zero-order valence-electron chi connectivity index (χ0n) is 19.5. The Morgan fingerprint density at radius 3 is 2.44 bits per heavy atom. The molecule has 0 saturated carbocycles. The van der Waals surface area contributed by atoms with Gasteiger partial charge < -0.3 is 23.4 Å². The topological polar surface area (TPSA) is 111 Å². The van der Waals surface area contributed by atoms with Gasteiger partial charge in [-0.25, -0.2) is 14.5 Å². The molecule has 0 amide bonds. The lowest BCUT2D eigenvalue weighted by Crippen LogP contribution is -2.09. The molecule has 0 radical (unpaired) electrons. The number of methoxy groups -OCH3 is 3. The molecule has 0 fully saturated rings. The van der Waals surface area contributed by atoms with Crippen molar-refractivity contribution in [3.63, 3.8) is 0 Å². The Kier molecular flexibility index (Phi) is 6.48. The Bertz CT molecular complexity index is 1310. The van der Waals surface area contributed by atoms with E-state index in [4.69, 9.17) is 23.4 Å². The third-order valence-electron chi connectivity index (χ3n) is 5.27. The summed E-state index contributed by atoms with van der Waals surface area (Å²) in [7, 11) is 4.69. The Morgan fingerprint density at radius 2 is 1.76 bits per heavy atom. The molecular formula is C24H24N4O6. The first-order valence-electron chi connectivity index (χ1n) is 10.4. The summed E-state index contributed by atoms with van der Waals surface area (Å²) in [6, 6.07) is 12.6. The maximum absolute atomic E-state index is 12.7. The van der Waals surface area contributed by atoms with Gasteiger partial charge in [0.15, 0.2) is 17.2 Å². The average molecular weight is 464 g/mol. The van der Waals surface area contributed by atoms with Crippen molar-refractivity contribution >= 4 is 5.97 Å². The molecule has 0 spiro atoms. The molecule has 176 valence electrons. The fraction of sp³-hybridized carbons (Fsp3) is 0.250. The molecule has 34 heavy (non-hydrogen) atoms. The van der Waals surface area contributed by atoms with Crippen LogP contribution in [0.4, 0.5) is 0 Å². The number of hydrogen-bond donors (Lipinski definition) is 0. The number of ether oxygens (including phenoxy) is 4. The Labute approximate surface area is 196 Å². The van der Waals surface area contributed by atoms with Gasteiger partial charge in [0, 0.05) is 0 Å². The van der Waals surface area contributed by atoms with Crippen LogP contribution < -0.4 is 14.2 Å². The molecule has 10 heteroatoms. The number of hydrogen-bond acceptors (Lipinski definition) is 9. The molecule has 0 aliphatic carbocycles. The van der Waals surface area contributed by atoms with Crippen LogP contribution in [0.15, 0.2) is 46.9 Å². The van der Waals surface area contributed by atoms with Crippen LogP contribution in [0.5, 0.6) is 17.2 Å². The van der Waals surface area contributed by atoms with Crippen molar-refractivity contribution in [3.05, 3.63) is 65.3 Å². The van der Waals surface area contributed by atoms with E-state index in [-0.39, 0.29) is 12.3 Å². The third kappa shape index (κ3) is 4.29. The highest BCUT2D eigenvalue weighted by molar-refractivity contribution is 5.88. The zero-order chi connectivity index (χ0) is 24.2. The summed E-state index contributed by atoms with van der Waals surface area (Å²) >= 11 is 0. The smallest absolute Gasteiger partial charge is 0.361 e. The zero-order valence-corrected chi connectivity index (χ0v) is 19.5. The molecule has 10 nitrogen and oxygen atoms in total. The third-order valence-corrected chi connectivity index (χ3v) is 5.27. The highest BCUT2D eigenvalue weighted by Gasteiger charge is 2.22. The Balaban J connectivity index is 1.50. The number of aryl methyl sites for hydroxylation is 1. The lowest BCUT2D eigenvalue weighted by Gasteiger charge is -2.09. The van der Waals surface area contributed by atoms with Crippen molar-refractivity contribution in [2.45, 2.75) is 20.5 Å². The molecule has 4 aromatic rings. The SMILES string of the molecule is COc1ccc(-n2nnc(C(=O)OCc3nc(-c4cccc(OC)c4OC)oc3C)c2C)cc1. The highest BCUT2D eigenvalue weighted by Crippen LogP contribution is 2.38. The second-order valence-electron chi connectivity index (χ2n) is 7.27. The maximum atomic E-state index is 12.7. The van der Waals surface area contributed by atoms with Gasteiger partial charge in [-0.3, -0.25) is 0 Å². The minimum absolute atomic E-state index is 0.0880. The Morgan fingerprint density at radius 1 is 1.00 bits per heavy atom. The molecule has 0 atom stereocenters. The largest absolute Gasteiger partial charge is 0.497 e. The van der Waals surface area contributed by atoms with Crippen LogP contribution in [0.25, 0.3) is 17.1 Å². The van der Waals surface area contributed by atoms with Gasteiger partial charge in [0.2, 0.25) is 5.89 Å². The molecule has 0 saturated heterocycles. The first-order valence-corrected chi connectivity index (χ1v) is 10.4. The number of benzene rings is 2. The lowest BCUT2D eigenvalue weighted by atomic mass is 10.2. The number of oxazole rings is 1. The fourth-order valence-electron chi connectivity index (χ4n) is 3.42. The van der Waals surface area contributed by atoms with Gasteiger partial charge in [0.05, 0.1) is 38.3 Å². The molecule has 0 bridgehead atoms. The summed E-state index contributed by atoms with van der Waals surface area (Å²) < 4.78 is 28.8. The highest BCUT2D eigenvalue weighted by atomic mass is 16.5. The van der Waals surface area contributed by atoms with Crippen LogP contribution in [0.3, 0.4) is 0 Å². The van der Waals surface area contributed by atoms with E-state index >= 15 is 0 Å². The van der Waals surface area contributed by atoms with Gasteiger partial charge in [-0.2, -0.15) is 0 Å². The minimum Gasteiger partial charge on any atom is -0.497 e. The van der Waals surface area contributed by atoms with E-state index < -0.39 is 5.97 Å². The molecule has 0 aliphatic heterocycles. The molecule has 0 unspecified atom stereocenters. The van der Waals surface area contributed by atoms with Gasteiger partial charge >= 0.3 is 5.97 Å². The summed E-state index contributed by atoms with van der Waals surface area (Å²) in [4.78, 5) is 17.2.